The quantitative estimate of drug-likeness (QED) is 0.246. The van der Waals surface area contributed by atoms with Crippen molar-refractivity contribution in [1.82, 2.24) is 19.5 Å². The van der Waals surface area contributed by atoms with E-state index in [0.29, 0.717) is 18.2 Å². The van der Waals surface area contributed by atoms with E-state index in [2.05, 4.69) is 52.2 Å². The van der Waals surface area contributed by atoms with Crippen molar-refractivity contribution in [3.05, 3.63) is 82.9 Å². The van der Waals surface area contributed by atoms with Crippen molar-refractivity contribution in [2.45, 2.75) is 70.6 Å². The molecule has 1 fully saturated rings. The molecule has 0 unspecified atom stereocenters. The van der Waals surface area contributed by atoms with Gasteiger partial charge in [0.25, 0.3) is 0 Å². The number of halogens is 3. The van der Waals surface area contributed by atoms with Crippen molar-refractivity contribution in [2.24, 2.45) is 0 Å². The summed E-state index contributed by atoms with van der Waals surface area (Å²) in [6.07, 6.45) is 3.90. The van der Waals surface area contributed by atoms with E-state index < -0.39 is 11.9 Å². The van der Waals surface area contributed by atoms with Gasteiger partial charge in [0.1, 0.15) is 5.69 Å². The van der Waals surface area contributed by atoms with Crippen LogP contribution in [0.25, 0.3) is 22.8 Å². The van der Waals surface area contributed by atoms with Crippen LogP contribution in [0.4, 0.5) is 18.9 Å². The molecule has 0 aliphatic heterocycles. The molecule has 0 spiro atoms. The van der Waals surface area contributed by atoms with Gasteiger partial charge in [-0.15, -0.1) is 0 Å². The molecule has 0 atom stereocenters. The molecule has 5 nitrogen and oxygen atoms in total. The van der Waals surface area contributed by atoms with Gasteiger partial charge in [0.2, 0.25) is 0 Å². The summed E-state index contributed by atoms with van der Waals surface area (Å²) in [5.74, 6) is 0.865. The zero-order valence-electron chi connectivity index (χ0n) is 22.5. The Morgan fingerprint density at radius 1 is 1.03 bits per heavy atom. The third kappa shape index (κ3) is 5.04. The Kier molecular flexibility index (Phi) is 6.44. The Labute approximate surface area is 226 Å². The molecule has 6 rings (SSSR count). The number of pyridine rings is 2. The molecule has 39 heavy (non-hydrogen) atoms. The molecule has 2 aliphatic carbocycles. The minimum Gasteiger partial charge on any atom is -0.370 e. The molecular weight excluding hydrogens is 499 g/mol. The number of fused-ring (bicyclic) bond motifs is 1. The van der Waals surface area contributed by atoms with Gasteiger partial charge >= 0.3 is 6.18 Å². The molecule has 0 saturated heterocycles. The van der Waals surface area contributed by atoms with Crippen LogP contribution >= 0.6 is 0 Å². The molecule has 0 N–H and O–H groups in total. The molecule has 1 saturated carbocycles. The van der Waals surface area contributed by atoms with E-state index in [4.69, 9.17) is 4.98 Å². The molecule has 1 aromatic carbocycles. The number of imidazole rings is 1. The van der Waals surface area contributed by atoms with E-state index in [0.717, 1.165) is 36.7 Å². The third-order valence-electron chi connectivity index (χ3n) is 7.74. The summed E-state index contributed by atoms with van der Waals surface area (Å²) in [7, 11) is 2.08. The van der Waals surface area contributed by atoms with E-state index in [1.165, 1.54) is 45.5 Å². The Bertz CT molecular complexity index is 1500. The number of hydrogen-bond donors (Lipinski definition) is 0. The van der Waals surface area contributed by atoms with E-state index in [9.17, 15) is 13.2 Å². The van der Waals surface area contributed by atoms with Crippen molar-refractivity contribution in [3.63, 3.8) is 0 Å². The summed E-state index contributed by atoms with van der Waals surface area (Å²) in [5.41, 5.74) is 7.85. The Balaban J connectivity index is 1.28. The van der Waals surface area contributed by atoms with Crippen LogP contribution in [0.5, 0.6) is 0 Å². The van der Waals surface area contributed by atoms with Gasteiger partial charge in [0, 0.05) is 49.0 Å². The molecule has 3 aromatic heterocycles. The number of hydrogen-bond acceptors (Lipinski definition) is 4. The number of nitrogens with zero attached hydrogens (tertiary/aromatic N) is 5. The minimum absolute atomic E-state index is 0.177. The highest BCUT2D eigenvalue weighted by Gasteiger charge is 2.35. The molecule has 0 radical (unpaired) electrons. The van der Waals surface area contributed by atoms with Gasteiger partial charge in [-0.05, 0) is 80.7 Å². The smallest absolute Gasteiger partial charge is 0.370 e. The van der Waals surface area contributed by atoms with Gasteiger partial charge < -0.3 is 9.47 Å². The number of rotatable bonds is 7. The van der Waals surface area contributed by atoms with Crippen molar-refractivity contribution >= 4 is 5.69 Å². The molecule has 0 bridgehead atoms. The summed E-state index contributed by atoms with van der Waals surface area (Å²) < 4.78 is 41.5. The van der Waals surface area contributed by atoms with E-state index in [-0.39, 0.29) is 11.9 Å². The maximum absolute atomic E-state index is 13.3. The average molecular weight is 532 g/mol. The molecule has 202 valence electrons. The Morgan fingerprint density at radius 3 is 2.51 bits per heavy atom. The molecule has 8 heteroatoms. The highest BCUT2D eigenvalue weighted by Crippen LogP contribution is 2.45. The monoisotopic (exact) mass is 531 g/mol. The lowest BCUT2D eigenvalue weighted by Gasteiger charge is -2.24. The van der Waals surface area contributed by atoms with Crippen LogP contribution in [0, 0.1) is 0 Å². The SMILES string of the molecule is CC(C)n1cc(C(F)(F)F)nc1-c1ccc(CN(C)c2cc(-c3ccccc3C3CC3)nc3c2CCC3)cn1. The molecular formula is C31H32F3N5. The van der Waals surface area contributed by atoms with Gasteiger partial charge in [-0.2, -0.15) is 13.2 Å². The topological polar surface area (TPSA) is 46.8 Å². The third-order valence-corrected chi connectivity index (χ3v) is 7.74. The van der Waals surface area contributed by atoms with Crippen molar-refractivity contribution in [2.75, 3.05) is 11.9 Å². The lowest BCUT2D eigenvalue weighted by atomic mass is 9.98. The molecule has 0 amide bonds. The van der Waals surface area contributed by atoms with Crippen LogP contribution in [0.2, 0.25) is 0 Å². The van der Waals surface area contributed by atoms with Crippen molar-refractivity contribution in [1.29, 1.82) is 0 Å². The van der Waals surface area contributed by atoms with Crippen molar-refractivity contribution < 1.29 is 13.2 Å². The second-order valence-corrected chi connectivity index (χ2v) is 11.0. The fourth-order valence-electron chi connectivity index (χ4n) is 5.60. The van der Waals surface area contributed by atoms with Crippen LogP contribution < -0.4 is 4.90 Å². The first-order chi connectivity index (χ1) is 18.7. The number of anilines is 1. The summed E-state index contributed by atoms with van der Waals surface area (Å²) >= 11 is 0. The Hall–Kier alpha value is -3.68. The van der Waals surface area contributed by atoms with E-state index in [1.807, 2.05) is 19.9 Å². The fraction of sp³-hybridized carbons (Fsp3) is 0.387. The lowest BCUT2D eigenvalue weighted by Crippen LogP contribution is -2.19. The normalized spacial score (nSPS) is 15.2. The van der Waals surface area contributed by atoms with Crippen LogP contribution in [-0.2, 0) is 25.6 Å². The zero-order valence-corrected chi connectivity index (χ0v) is 22.5. The van der Waals surface area contributed by atoms with Crippen molar-refractivity contribution in [3.8, 4) is 22.8 Å². The molecule has 4 aromatic rings. The summed E-state index contributed by atoms with van der Waals surface area (Å²) in [5, 5.41) is 0. The first kappa shape index (κ1) is 25.6. The van der Waals surface area contributed by atoms with Crippen LogP contribution in [-0.4, -0.2) is 26.6 Å². The second kappa shape index (κ2) is 9.81. The predicted molar refractivity (Wildman–Crippen MR) is 147 cm³/mol. The number of alkyl halides is 3. The highest BCUT2D eigenvalue weighted by atomic mass is 19.4. The minimum atomic E-state index is -4.50. The van der Waals surface area contributed by atoms with Gasteiger partial charge in [-0.3, -0.25) is 9.97 Å². The Morgan fingerprint density at radius 2 is 1.82 bits per heavy atom. The summed E-state index contributed by atoms with van der Waals surface area (Å²) in [6, 6.07) is 14.4. The number of aromatic nitrogens is 4. The zero-order chi connectivity index (χ0) is 27.3. The maximum atomic E-state index is 13.3. The van der Waals surface area contributed by atoms with Gasteiger partial charge in [-0.1, -0.05) is 30.3 Å². The summed E-state index contributed by atoms with van der Waals surface area (Å²) in [6.45, 7) is 4.29. The highest BCUT2D eigenvalue weighted by molar-refractivity contribution is 5.72. The van der Waals surface area contributed by atoms with Gasteiger partial charge in [0.15, 0.2) is 11.5 Å². The number of benzene rings is 1. The fourth-order valence-corrected chi connectivity index (χ4v) is 5.60. The molecule has 3 heterocycles. The van der Waals surface area contributed by atoms with Gasteiger partial charge in [-0.25, -0.2) is 4.98 Å². The standard InChI is InChI=1S/C31H32F3N5/c1-19(2)39-18-29(31(32,33)34)37-30(39)26-14-11-20(16-35-26)17-38(3)28-15-27(36-25-10-6-9-24(25)28)23-8-5-4-7-22(23)21-12-13-21/h4-5,7-8,11,14-16,18-19,21H,6,9-10,12-13,17H2,1-3H3. The van der Waals surface area contributed by atoms with E-state index >= 15 is 0 Å². The number of aryl methyl sites for hydroxylation is 1. The molecule has 2 aliphatic rings. The maximum Gasteiger partial charge on any atom is 0.434 e. The van der Waals surface area contributed by atoms with Crippen LogP contribution in [0.3, 0.4) is 0 Å². The summed E-state index contributed by atoms with van der Waals surface area (Å²) in [4.78, 5) is 15.7. The first-order valence-electron chi connectivity index (χ1n) is 13.6. The second-order valence-electron chi connectivity index (χ2n) is 11.0. The van der Waals surface area contributed by atoms with Gasteiger partial charge in [0.05, 0.1) is 5.69 Å². The predicted octanol–water partition coefficient (Wildman–Crippen LogP) is 7.61. The van der Waals surface area contributed by atoms with E-state index in [1.54, 1.807) is 12.3 Å². The van der Waals surface area contributed by atoms with Crippen LogP contribution in [0.15, 0.2) is 54.9 Å². The first-order valence-corrected chi connectivity index (χ1v) is 13.6. The largest absolute Gasteiger partial charge is 0.434 e. The van der Waals surface area contributed by atoms with Crippen LogP contribution in [0.1, 0.15) is 73.1 Å². The lowest BCUT2D eigenvalue weighted by molar-refractivity contribution is -0.140. The average Bonchev–Trinajstić information content (AvgIpc) is 3.46.